The third-order valence-electron chi connectivity index (χ3n) is 2.57. The number of hydrogen-bond acceptors (Lipinski definition) is 2. The standard InChI is InChI=1S/C13H11BrFNO2S/c1-9-2-3-10(14)8-13(9)16-19(17,18)12-6-4-11(15)5-7-12/h2-8,16H,1H3. The van der Waals surface area contributed by atoms with Crippen LogP contribution in [0.2, 0.25) is 0 Å². The molecule has 0 spiro atoms. The van der Waals surface area contributed by atoms with Crippen LogP contribution in [0.1, 0.15) is 5.56 Å². The number of hydrogen-bond donors (Lipinski definition) is 1. The summed E-state index contributed by atoms with van der Waals surface area (Å²) in [6, 6.07) is 9.98. The molecule has 6 heteroatoms. The molecule has 0 saturated carbocycles. The van der Waals surface area contributed by atoms with Gasteiger partial charge in [-0.05, 0) is 48.9 Å². The fraction of sp³-hybridized carbons (Fsp3) is 0.0769. The highest BCUT2D eigenvalue weighted by Crippen LogP contribution is 2.23. The zero-order valence-corrected chi connectivity index (χ0v) is 12.4. The van der Waals surface area contributed by atoms with Crippen molar-refractivity contribution in [2.24, 2.45) is 0 Å². The summed E-state index contributed by atoms with van der Waals surface area (Å²) in [5, 5.41) is 0. The number of nitrogens with one attached hydrogen (secondary N) is 1. The Morgan fingerprint density at radius 2 is 1.74 bits per heavy atom. The second-order valence-electron chi connectivity index (χ2n) is 4.02. The first-order valence-electron chi connectivity index (χ1n) is 5.43. The number of halogens is 2. The number of sulfonamides is 1. The number of aryl methyl sites for hydroxylation is 1. The Morgan fingerprint density at radius 3 is 2.37 bits per heavy atom. The highest BCUT2D eigenvalue weighted by atomic mass is 79.9. The Balaban J connectivity index is 2.36. The van der Waals surface area contributed by atoms with Gasteiger partial charge in [0.2, 0.25) is 0 Å². The quantitative estimate of drug-likeness (QED) is 0.923. The Hall–Kier alpha value is -1.40. The van der Waals surface area contributed by atoms with E-state index < -0.39 is 15.8 Å². The summed E-state index contributed by atoms with van der Waals surface area (Å²) in [6.45, 7) is 1.80. The minimum Gasteiger partial charge on any atom is -0.279 e. The van der Waals surface area contributed by atoms with E-state index in [4.69, 9.17) is 0 Å². The van der Waals surface area contributed by atoms with Crippen LogP contribution < -0.4 is 4.72 Å². The molecule has 0 aliphatic carbocycles. The molecule has 1 N–H and O–H groups in total. The molecular weight excluding hydrogens is 333 g/mol. The predicted molar refractivity (Wildman–Crippen MR) is 76.1 cm³/mol. The van der Waals surface area contributed by atoms with E-state index in [2.05, 4.69) is 20.7 Å². The molecule has 2 aromatic carbocycles. The van der Waals surface area contributed by atoms with Crippen molar-refractivity contribution in [3.63, 3.8) is 0 Å². The van der Waals surface area contributed by atoms with Gasteiger partial charge in [-0.1, -0.05) is 22.0 Å². The van der Waals surface area contributed by atoms with E-state index in [1.54, 1.807) is 19.1 Å². The Bertz CT molecular complexity index is 699. The van der Waals surface area contributed by atoms with Crippen molar-refractivity contribution < 1.29 is 12.8 Å². The fourth-order valence-corrected chi connectivity index (χ4v) is 3.00. The van der Waals surface area contributed by atoms with Gasteiger partial charge in [-0.2, -0.15) is 0 Å². The van der Waals surface area contributed by atoms with E-state index in [-0.39, 0.29) is 4.90 Å². The van der Waals surface area contributed by atoms with Gasteiger partial charge in [0.15, 0.2) is 0 Å². The average molecular weight is 344 g/mol. The largest absolute Gasteiger partial charge is 0.279 e. The molecule has 0 fully saturated rings. The zero-order chi connectivity index (χ0) is 14.0. The summed E-state index contributed by atoms with van der Waals surface area (Å²) >= 11 is 3.29. The first-order chi connectivity index (χ1) is 8.88. The molecule has 2 aromatic rings. The summed E-state index contributed by atoms with van der Waals surface area (Å²) < 4.78 is 40.3. The molecule has 0 aliphatic heterocycles. The molecule has 0 radical (unpaired) electrons. The van der Waals surface area contributed by atoms with Crippen LogP contribution in [0.25, 0.3) is 0 Å². The van der Waals surface area contributed by atoms with Gasteiger partial charge in [0.05, 0.1) is 10.6 Å². The lowest BCUT2D eigenvalue weighted by Crippen LogP contribution is -2.13. The number of rotatable bonds is 3. The molecule has 0 aliphatic rings. The summed E-state index contributed by atoms with van der Waals surface area (Å²) in [5.41, 5.74) is 1.28. The maximum atomic E-state index is 12.8. The van der Waals surface area contributed by atoms with Crippen molar-refractivity contribution in [3.8, 4) is 0 Å². The van der Waals surface area contributed by atoms with Gasteiger partial charge < -0.3 is 0 Å². The molecule has 0 atom stereocenters. The minimum absolute atomic E-state index is 0.0216. The van der Waals surface area contributed by atoms with Crippen LogP contribution >= 0.6 is 15.9 Å². The van der Waals surface area contributed by atoms with Gasteiger partial charge in [-0.15, -0.1) is 0 Å². The lowest BCUT2D eigenvalue weighted by Gasteiger charge is -2.11. The molecule has 0 unspecified atom stereocenters. The van der Waals surface area contributed by atoms with Crippen LogP contribution in [0.4, 0.5) is 10.1 Å². The van der Waals surface area contributed by atoms with Crippen molar-refractivity contribution in [2.75, 3.05) is 4.72 Å². The predicted octanol–water partition coefficient (Wildman–Crippen LogP) is 3.70. The first kappa shape index (κ1) is 14.0. The molecule has 3 nitrogen and oxygen atoms in total. The van der Waals surface area contributed by atoms with Crippen molar-refractivity contribution in [1.29, 1.82) is 0 Å². The maximum absolute atomic E-state index is 12.8. The molecule has 0 heterocycles. The van der Waals surface area contributed by atoms with Crippen LogP contribution in [0.15, 0.2) is 51.8 Å². The fourth-order valence-electron chi connectivity index (χ4n) is 1.52. The molecule has 100 valence electrons. The zero-order valence-electron chi connectivity index (χ0n) is 10.0. The molecule has 0 amide bonds. The normalized spacial score (nSPS) is 11.3. The van der Waals surface area contributed by atoms with Gasteiger partial charge in [0.1, 0.15) is 5.82 Å². The first-order valence-corrected chi connectivity index (χ1v) is 7.71. The molecule has 0 saturated heterocycles. The van der Waals surface area contributed by atoms with E-state index in [1.807, 2.05) is 6.07 Å². The summed E-state index contributed by atoms with van der Waals surface area (Å²) in [6.07, 6.45) is 0. The SMILES string of the molecule is Cc1ccc(Br)cc1NS(=O)(=O)c1ccc(F)cc1. The number of anilines is 1. The smallest absolute Gasteiger partial charge is 0.261 e. The van der Waals surface area contributed by atoms with Crippen LogP contribution in [0, 0.1) is 12.7 Å². The topological polar surface area (TPSA) is 46.2 Å². The van der Waals surface area contributed by atoms with E-state index >= 15 is 0 Å². The van der Waals surface area contributed by atoms with Crippen LogP contribution in [0.5, 0.6) is 0 Å². The lowest BCUT2D eigenvalue weighted by atomic mass is 10.2. The van der Waals surface area contributed by atoms with Crippen LogP contribution in [0.3, 0.4) is 0 Å². The molecular formula is C13H11BrFNO2S. The van der Waals surface area contributed by atoms with E-state index in [0.717, 1.165) is 22.2 Å². The summed E-state index contributed by atoms with van der Waals surface area (Å²) in [5.74, 6) is -0.474. The molecule has 0 aromatic heterocycles. The van der Waals surface area contributed by atoms with Crippen LogP contribution in [-0.4, -0.2) is 8.42 Å². The average Bonchev–Trinajstić information content (AvgIpc) is 2.34. The van der Waals surface area contributed by atoms with Crippen molar-refractivity contribution in [2.45, 2.75) is 11.8 Å². The highest BCUT2D eigenvalue weighted by Gasteiger charge is 2.15. The van der Waals surface area contributed by atoms with E-state index in [0.29, 0.717) is 5.69 Å². The Labute approximate surface area is 119 Å². The van der Waals surface area contributed by atoms with Gasteiger partial charge in [-0.3, -0.25) is 4.72 Å². The third kappa shape index (κ3) is 3.33. The Morgan fingerprint density at radius 1 is 1.11 bits per heavy atom. The second kappa shape index (κ2) is 5.30. The molecule has 0 bridgehead atoms. The van der Waals surface area contributed by atoms with Gasteiger partial charge in [0, 0.05) is 4.47 Å². The van der Waals surface area contributed by atoms with Crippen LogP contribution in [-0.2, 0) is 10.0 Å². The minimum atomic E-state index is -3.71. The maximum Gasteiger partial charge on any atom is 0.261 e. The highest BCUT2D eigenvalue weighted by molar-refractivity contribution is 9.10. The molecule has 19 heavy (non-hydrogen) atoms. The second-order valence-corrected chi connectivity index (χ2v) is 6.62. The lowest BCUT2D eigenvalue weighted by molar-refractivity contribution is 0.599. The number of benzene rings is 2. The third-order valence-corrected chi connectivity index (χ3v) is 4.44. The molecule has 2 rings (SSSR count). The van der Waals surface area contributed by atoms with Crippen molar-refractivity contribution in [3.05, 3.63) is 58.3 Å². The van der Waals surface area contributed by atoms with E-state index in [9.17, 15) is 12.8 Å². The van der Waals surface area contributed by atoms with E-state index in [1.165, 1.54) is 12.1 Å². The van der Waals surface area contributed by atoms with Gasteiger partial charge in [-0.25, -0.2) is 12.8 Å². The van der Waals surface area contributed by atoms with Gasteiger partial charge in [0.25, 0.3) is 10.0 Å². The van der Waals surface area contributed by atoms with Crippen molar-refractivity contribution in [1.82, 2.24) is 0 Å². The monoisotopic (exact) mass is 343 g/mol. The van der Waals surface area contributed by atoms with Crippen molar-refractivity contribution >= 4 is 31.6 Å². The summed E-state index contributed by atoms with van der Waals surface area (Å²) in [4.78, 5) is 0.0216. The Kier molecular flexibility index (Phi) is 3.91. The van der Waals surface area contributed by atoms with Gasteiger partial charge >= 0.3 is 0 Å². The summed E-state index contributed by atoms with van der Waals surface area (Å²) in [7, 11) is -3.71.